The van der Waals surface area contributed by atoms with E-state index in [-0.39, 0.29) is 23.4 Å². The van der Waals surface area contributed by atoms with Crippen molar-refractivity contribution >= 4 is 41.6 Å². The molecule has 0 heterocycles. The molecule has 0 spiro atoms. The lowest BCUT2D eigenvalue weighted by Crippen LogP contribution is -2.03. The molecule has 0 radical (unpaired) electrons. The van der Waals surface area contributed by atoms with Crippen LogP contribution < -0.4 is 0 Å². The second kappa shape index (κ2) is 10.9. The normalized spacial score (nSPS) is 11.5. The van der Waals surface area contributed by atoms with Gasteiger partial charge in [0.05, 0.1) is 13.2 Å². The minimum absolute atomic E-state index is 0.00627. The Morgan fingerprint density at radius 1 is 1.00 bits per heavy atom. The first-order chi connectivity index (χ1) is 8.91. The number of phosphoric acid groups is 1. The van der Waals surface area contributed by atoms with E-state index in [2.05, 4.69) is 9.05 Å². The average molecular weight is 330 g/mol. The SMILES string of the molecule is CCC(=O)SCCOP(=O)(O)OCCSC(=O)CC. The van der Waals surface area contributed by atoms with Crippen molar-refractivity contribution in [3.8, 4) is 0 Å². The van der Waals surface area contributed by atoms with Crippen LogP contribution in [0.25, 0.3) is 0 Å². The third-order valence-electron chi connectivity index (χ3n) is 1.78. The molecule has 0 saturated heterocycles. The summed E-state index contributed by atoms with van der Waals surface area (Å²) in [5, 5.41) is 0.0125. The summed E-state index contributed by atoms with van der Waals surface area (Å²) in [6.07, 6.45) is 0.835. The maximum Gasteiger partial charge on any atom is 0.472 e. The van der Waals surface area contributed by atoms with Crippen molar-refractivity contribution in [2.24, 2.45) is 0 Å². The number of phosphoric ester groups is 1. The summed E-state index contributed by atoms with van der Waals surface area (Å²) < 4.78 is 20.7. The second-order valence-electron chi connectivity index (χ2n) is 3.28. The van der Waals surface area contributed by atoms with Crippen LogP contribution in [0.5, 0.6) is 0 Å². The molecule has 19 heavy (non-hydrogen) atoms. The fraction of sp³-hybridized carbons (Fsp3) is 0.800. The van der Waals surface area contributed by atoms with Crippen LogP contribution in [0, 0.1) is 0 Å². The molecule has 0 rings (SSSR count). The number of thioether (sulfide) groups is 2. The first kappa shape index (κ1) is 19.1. The van der Waals surface area contributed by atoms with Gasteiger partial charge in [-0.15, -0.1) is 0 Å². The van der Waals surface area contributed by atoms with E-state index in [1.54, 1.807) is 13.8 Å². The molecule has 9 heteroatoms. The third-order valence-corrected chi connectivity index (χ3v) is 4.76. The van der Waals surface area contributed by atoms with E-state index in [4.69, 9.17) is 0 Å². The Bertz CT molecular complexity index is 308. The molecule has 112 valence electrons. The molecular weight excluding hydrogens is 311 g/mol. The fourth-order valence-electron chi connectivity index (χ4n) is 0.858. The van der Waals surface area contributed by atoms with E-state index < -0.39 is 7.82 Å². The number of carbonyl (C=O) groups is 2. The molecule has 0 aliphatic heterocycles. The zero-order chi connectivity index (χ0) is 14.7. The van der Waals surface area contributed by atoms with E-state index in [1.807, 2.05) is 0 Å². The van der Waals surface area contributed by atoms with Gasteiger partial charge in [0.1, 0.15) is 0 Å². The van der Waals surface area contributed by atoms with Gasteiger partial charge >= 0.3 is 7.82 Å². The molecule has 0 amide bonds. The van der Waals surface area contributed by atoms with Gasteiger partial charge in [-0.25, -0.2) is 4.57 Å². The van der Waals surface area contributed by atoms with Crippen molar-refractivity contribution in [1.29, 1.82) is 0 Å². The largest absolute Gasteiger partial charge is 0.472 e. The topological polar surface area (TPSA) is 89.9 Å². The summed E-state index contributed by atoms with van der Waals surface area (Å²) in [6, 6.07) is 0. The van der Waals surface area contributed by atoms with Crippen LogP contribution in [-0.2, 0) is 23.2 Å². The highest BCUT2D eigenvalue weighted by atomic mass is 32.2. The maximum absolute atomic E-state index is 11.4. The predicted octanol–water partition coefficient (Wildman–Crippen LogP) is 2.46. The number of rotatable bonds is 10. The third kappa shape index (κ3) is 11.7. The number of hydrogen-bond acceptors (Lipinski definition) is 7. The van der Waals surface area contributed by atoms with Crippen LogP contribution in [0.4, 0.5) is 0 Å². The Kier molecular flexibility index (Phi) is 11.0. The summed E-state index contributed by atoms with van der Waals surface area (Å²) in [5.74, 6) is 0.618. The van der Waals surface area contributed by atoms with Gasteiger partial charge in [0.2, 0.25) is 0 Å². The quantitative estimate of drug-likeness (QED) is 0.482. The fourth-order valence-corrected chi connectivity index (χ4v) is 3.02. The molecule has 0 unspecified atom stereocenters. The smallest absolute Gasteiger partial charge is 0.302 e. The molecule has 0 saturated carbocycles. The summed E-state index contributed by atoms with van der Waals surface area (Å²) in [4.78, 5) is 31.2. The molecule has 0 aromatic heterocycles. The standard InChI is InChI=1S/C10H19O6PS2/c1-3-9(11)18-7-5-15-17(13,14)16-6-8-19-10(12)4-2/h3-8H2,1-2H3,(H,13,14). The lowest BCUT2D eigenvalue weighted by Gasteiger charge is -2.11. The summed E-state index contributed by atoms with van der Waals surface area (Å²) >= 11 is 2.10. The van der Waals surface area contributed by atoms with Gasteiger partial charge in [-0.05, 0) is 0 Å². The molecule has 0 aliphatic carbocycles. The van der Waals surface area contributed by atoms with Gasteiger partial charge in [0, 0.05) is 24.3 Å². The van der Waals surface area contributed by atoms with Crippen LogP contribution in [0.1, 0.15) is 26.7 Å². The van der Waals surface area contributed by atoms with Gasteiger partial charge in [-0.3, -0.25) is 18.6 Å². The summed E-state index contributed by atoms with van der Waals surface area (Å²) in [6.45, 7) is 3.41. The van der Waals surface area contributed by atoms with Gasteiger partial charge in [0.25, 0.3) is 0 Å². The van der Waals surface area contributed by atoms with Gasteiger partial charge in [0.15, 0.2) is 10.2 Å². The van der Waals surface area contributed by atoms with Gasteiger partial charge in [-0.1, -0.05) is 37.4 Å². The van der Waals surface area contributed by atoms with Crippen LogP contribution >= 0.6 is 31.3 Å². The van der Waals surface area contributed by atoms with Gasteiger partial charge < -0.3 is 4.89 Å². The van der Waals surface area contributed by atoms with Crippen molar-refractivity contribution in [3.05, 3.63) is 0 Å². The summed E-state index contributed by atoms with van der Waals surface area (Å²) in [5.41, 5.74) is 0. The van der Waals surface area contributed by atoms with E-state index in [9.17, 15) is 19.0 Å². The maximum atomic E-state index is 11.4. The first-order valence-corrected chi connectivity index (χ1v) is 9.31. The molecule has 6 nitrogen and oxygen atoms in total. The van der Waals surface area contributed by atoms with Crippen molar-refractivity contribution < 1.29 is 28.1 Å². The predicted molar refractivity (Wildman–Crippen MR) is 77.2 cm³/mol. The van der Waals surface area contributed by atoms with Crippen LogP contribution in [0.3, 0.4) is 0 Å². The molecular formula is C10H19O6PS2. The Labute approximate surface area is 121 Å². The van der Waals surface area contributed by atoms with E-state index >= 15 is 0 Å². The monoisotopic (exact) mass is 330 g/mol. The highest BCUT2D eigenvalue weighted by molar-refractivity contribution is 8.13. The van der Waals surface area contributed by atoms with E-state index in [1.165, 1.54) is 0 Å². The minimum Gasteiger partial charge on any atom is -0.302 e. The molecule has 0 fully saturated rings. The summed E-state index contributed by atoms with van der Waals surface area (Å²) in [7, 11) is -4.08. The molecule has 1 N–H and O–H groups in total. The zero-order valence-electron chi connectivity index (χ0n) is 11.0. The van der Waals surface area contributed by atoms with Crippen LogP contribution in [0.2, 0.25) is 0 Å². The highest BCUT2D eigenvalue weighted by Gasteiger charge is 2.20. The molecule has 0 bridgehead atoms. The van der Waals surface area contributed by atoms with E-state index in [0.29, 0.717) is 24.3 Å². The molecule has 0 aromatic rings. The van der Waals surface area contributed by atoms with Crippen molar-refractivity contribution in [3.63, 3.8) is 0 Å². The minimum atomic E-state index is -4.08. The highest BCUT2D eigenvalue weighted by Crippen LogP contribution is 2.43. The van der Waals surface area contributed by atoms with Crippen LogP contribution in [0.15, 0.2) is 0 Å². The Balaban J connectivity index is 3.66. The van der Waals surface area contributed by atoms with Gasteiger partial charge in [-0.2, -0.15) is 0 Å². The molecule has 0 atom stereocenters. The number of hydrogen-bond donors (Lipinski definition) is 1. The lowest BCUT2D eigenvalue weighted by molar-refractivity contribution is -0.111. The lowest BCUT2D eigenvalue weighted by atomic mass is 10.6. The number of carbonyl (C=O) groups excluding carboxylic acids is 2. The first-order valence-electron chi connectivity index (χ1n) is 5.84. The Hall–Kier alpha value is 0.150. The average Bonchev–Trinajstić information content (AvgIpc) is 2.39. The van der Waals surface area contributed by atoms with Crippen molar-refractivity contribution in [2.45, 2.75) is 26.7 Å². The Morgan fingerprint density at radius 2 is 1.37 bits per heavy atom. The second-order valence-corrected chi connectivity index (χ2v) is 7.04. The zero-order valence-corrected chi connectivity index (χ0v) is 13.5. The Morgan fingerprint density at radius 3 is 1.68 bits per heavy atom. The van der Waals surface area contributed by atoms with Crippen molar-refractivity contribution in [1.82, 2.24) is 0 Å². The van der Waals surface area contributed by atoms with E-state index in [0.717, 1.165) is 23.5 Å². The van der Waals surface area contributed by atoms with Crippen molar-refractivity contribution in [2.75, 3.05) is 24.7 Å². The van der Waals surface area contributed by atoms with Crippen LogP contribution in [-0.4, -0.2) is 39.8 Å². The molecule has 0 aromatic carbocycles. The molecule has 0 aliphatic rings.